The van der Waals surface area contributed by atoms with Crippen molar-refractivity contribution in [2.75, 3.05) is 6.54 Å². The van der Waals surface area contributed by atoms with E-state index >= 15 is 0 Å². The largest absolute Gasteiger partial charge is 0.314 e. The SMILES string of the molecule is CCc1ccc2nc(C(c3ccc(C)c(C)c3)n3cc(CCNC4CCCC4)nn3)sc2c1. The molecule has 1 unspecified atom stereocenters. The van der Waals surface area contributed by atoms with E-state index in [4.69, 9.17) is 4.98 Å². The fraction of sp³-hybridized carbons (Fsp3) is 0.444. The molecule has 1 atom stereocenters. The Bertz CT molecular complexity index is 1230. The lowest BCUT2D eigenvalue weighted by molar-refractivity contribution is 0.525. The Hall–Kier alpha value is -2.57. The molecule has 0 amide bonds. The molecule has 1 N–H and O–H groups in total. The van der Waals surface area contributed by atoms with Crippen molar-refractivity contribution in [3.63, 3.8) is 0 Å². The first-order chi connectivity index (χ1) is 16.1. The lowest BCUT2D eigenvalue weighted by atomic mass is 10.0. The minimum absolute atomic E-state index is 0.0733. The van der Waals surface area contributed by atoms with Gasteiger partial charge in [0.05, 0.1) is 15.9 Å². The molecule has 1 saturated carbocycles. The normalized spacial score (nSPS) is 15.5. The second-order valence-electron chi connectivity index (χ2n) is 9.33. The molecule has 5 nitrogen and oxygen atoms in total. The van der Waals surface area contributed by atoms with E-state index < -0.39 is 0 Å². The van der Waals surface area contributed by atoms with Crippen molar-refractivity contribution in [2.45, 2.75) is 71.4 Å². The third-order valence-electron chi connectivity index (χ3n) is 6.95. The van der Waals surface area contributed by atoms with Crippen LogP contribution in [0, 0.1) is 13.8 Å². The number of rotatable bonds is 8. The first kappa shape index (κ1) is 22.2. The standard InChI is InChI=1S/C27H33N5S/c1-4-20-10-12-24-25(16-20)33-27(29-24)26(21-11-9-18(2)19(3)15-21)32-17-23(30-31-32)13-14-28-22-7-5-6-8-22/h9-12,15-17,22,26,28H,4-8,13-14H2,1-3H3. The van der Waals surface area contributed by atoms with Crippen LogP contribution in [0.1, 0.15) is 71.6 Å². The Morgan fingerprint density at radius 3 is 2.73 bits per heavy atom. The van der Waals surface area contributed by atoms with Gasteiger partial charge in [0.15, 0.2) is 0 Å². The molecular weight excluding hydrogens is 426 g/mol. The van der Waals surface area contributed by atoms with Crippen molar-refractivity contribution in [1.82, 2.24) is 25.3 Å². The van der Waals surface area contributed by atoms with E-state index in [1.54, 1.807) is 11.3 Å². The summed E-state index contributed by atoms with van der Waals surface area (Å²) in [5.74, 6) is 0. The van der Waals surface area contributed by atoms with E-state index in [1.165, 1.54) is 52.6 Å². The zero-order valence-corrected chi connectivity index (χ0v) is 20.7. The van der Waals surface area contributed by atoms with Gasteiger partial charge >= 0.3 is 0 Å². The number of nitrogens with one attached hydrogen (secondary N) is 1. The summed E-state index contributed by atoms with van der Waals surface area (Å²) in [5, 5.41) is 13.8. The number of benzene rings is 2. The van der Waals surface area contributed by atoms with Crippen LogP contribution in [0.5, 0.6) is 0 Å². The summed E-state index contributed by atoms with van der Waals surface area (Å²) < 4.78 is 3.24. The Kier molecular flexibility index (Phi) is 6.56. The summed E-state index contributed by atoms with van der Waals surface area (Å²) in [6, 6.07) is 13.9. The summed E-state index contributed by atoms with van der Waals surface area (Å²) in [6.07, 6.45) is 9.36. The van der Waals surface area contributed by atoms with E-state index in [2.05, 4.69) is 79.0 Å². The molecule has 2 aromatic heterocycles. The van der Waals surface area contributed by atoms with Gasteiger partial charge in [-0.1, -0.05) is 49.2 Å². The number of nitrogens with zero attached hydrogens (tertiary/aromatic N) is 4. The van der Waals surface area contributed by atoms with Gasteiger partial charge in [-0.3, -0.25) is 0 Å². The Morgan fingerprint density at radius 2 is 1.94 bits per heavy atom. The maximum absolute atomic E-state index is 5.03. The highest BCUT2D eigenvalue weighted by Crippen LogP contribution is 2.34. The predicted octanol–water partition coefficient (Wildman–Crippen LogP) is 5.78. The smallest absolute Gasteiger partial charge is 0.130 e. The van der Waals surface area contributed by atoms with E-state index in [0.717, 1.165) is 35.6 Å². The van der Waals surface area contributed by atoms with Gasteiger partial charge in [0, 0.05) is 25.2 Å². The van der Waals surface area contributed by atoms with Crippen molar-refractivity contribution in [3.05, 3.63) is 75.6 Å². The summed E-state index contributed by atoms with van der Waals surface area (Å²) >= 11 is 1.77. The van der Waals surface area contributed by atoms with Gasteiger partial charge in [0.1, 0.15) is 11.0 Å². The monoisotopic (exact) mass is 459 g/mol. The number of fused-ring (bicyclic) bond motifs is 1. The van der Waals surface area contributed by atoms with Crippen molar-refractivity contribution in [2.24, 2.45) is 0 Å². The van der Waals surface area contributed by atoms with Gasteiger partial charge < -0.3 is 5.32 Å². The molecule has 0 aliphatic heterocycles. The van der Waals surface area contributed by atoms with E-state index in [-0.39, 0.29) is 6.04 Å². The van der Waals surface area contributed by atoms with Gasteiger partial charge in [-0.2, -0.15) is 0 Å². The topological polar surface area (TPSA) is 55.6 Å². The van der Waals surface area contributed by atoms with Gasteiger partial charge in [-0.15, -0.1) is 16.4 Å². The Morgan fingerprint density at radius 1 is 1.09 bits per heavy atom. The molecule has 33 heavy (non-hydrogen) atoms. The van der Waals surface area contributed by atoms with Crippen molar-refractivity contribution in [3.8, 4) is 0 Å². The number of hydrogen-bond donors (Lipinski definition) is 1. The van der Waals surface area contributed by atoms with Gasteiger partial charge in [-0.05, 0) is 67.5 Å². The first-order valence-corrected chi connectivity index (χ1v) is 13.0. The fourth-order valence-electron chi connectivity index (χ4n) is 4.76. The highest BCUT2D eigenvalue weighted by molar-refractivity contribution is 7.18. The van der Waals surface area contributed by atoms with E-state index in [1.807, 2.05) is 4.68 Å². The summed E-state index contributed by atoms with van der Waals surface area (Å²) in [4.78, 5) is 5.03. The molecule has 0 spiro atoms. The van der Waals surface area contributed by atoms with Gasteiger partial charge in [0.25, 0.3) is 0 Å². The van der Waals surface area contributed by atoms with Crippen LogP contribution in [0.4, 0.5) is 0 Å². The predicted molar refractivity (Wildman–Crippen MR) is 136 cm³/mol. The number of thiazole rings is 1. The average Bonchev–Trinajstić information content (AvgIpc) is 3.57. The van der Waals surface area contributed by atoms with Crippen LogP contribution in [0.3, 0.4) is 0 Å². The average molecular weight is 460 g/mol. The molecule has 2 heterocycles. The number of aryl methyl sites for hydroxylation is 3. The summed E-state index contributed by atoms with van der Waals surface area (Å²) in [7, 11) is 0. The maximum Gasteiger partial charge on any atom is 0.130 e. The third-order valence-corrected chi connectivity index (χ3v) is 8.02. The lowest BCUT2D eigenvalue weighted by Crippen LogP contribution is -2.28. The van der Waals surface area contributed by atoms with Crippen LogP contribution in [0.2, 0.25) is 0 Å². The molecule has 6 heteroatoms. The molecule has 0 bridgehead atoms. The molecule has 5 rings (SSSR count). The van der Waals surface area contributed by atoms with Crippen LogP contribution < -0.4 is 5.32 Å². The zero-order chi connectivity index (χ0) is 22.8. The van der Waals surface area contributed by atoms with E-state index in [9.17, 15) is 0 Å². The maximum atomic E-state index is 5.03. The number of aromatic nitrogens is 4. The van der Waals surface area contributed by atoms with Crippen LogP contribution in [-0.2, 0) is 12.8 Å². The van der Waals surface area contributed by atoms with Gasteiger partial charge in [0.2, 0.25) is 0 Å². The zero-order valence-electron chi connectivity index (χ0n) is 19.8. The highest BCUT2D eigenvalue weighted by Gasteiger charge is 2.23. The highest BCUT2D eigenvalue weighted by atomic mass is 32.1. The quantitative estimate of drug-likeness (QED) is 0.363. The van der Waals surface area contributed by atoms with Crippen molar-refractivity contribution < 1.29 is 0 Å². The molecule has 4 aromatic rings. The van der Waals surface area contributed by atoms with Crippen molar-refractivity contribution in [1.29, 1.82) is 0 Å². The van der Waals surface area contributed by atoms with Gasteiger partial charge in [-0.25, -0.2) is 9.67 Å². The Balaban J connectivity index is 1.45. The minimum atomic E-state index is -0.0733. The van der Waals surface area contributed by atoms with Crippen LogP contribution >= 0.6 is 11.3 Å². The molecule has 172 valence electrons. The molecule has 1 fully saturated rings. The van der Waals surface area contributed by atoms with Crippen LogP contribution in [-0.4, -0.2) is 32.6 Å². The first-order valence-electron chi connectivity index (χ1n) is 12.2. The van der Waals surface area contributed by atoms with Crippen LogP contribution in [0.25, 0.3) is 10.2 Å². The molecular formula is C27H33N5S. The third kappa shape index (κ3) is 4.87. The minimum Gasteiger partial charge on any atom is -0.314 e. The molecule has 1 aliphatic rings. The molecule has 0 saturated heterocycles. The second-order valence-corrected chi connectivity index (χ2v) is 10.4. The second kappa shape index (κ2) is 9.74. The Labute approximate surface area is 200 Å². The molecule has 1 aliphatic carbocycles. The summed E-state index contributed by atoms with van der Waals surface area (Å²) in [5.41, 5.74) is 7.22. The number of hydrogen-bond acceptors (Lipinski definition) is 5. The molecule has 0 radical (unpaired) electrons. The summed E-state index contributed by atoms with van der Waals surface area (Å²) in [6.45, 7) is 7.48. The van der Waals surface area contributed by atoms with Crippen LogP contribution in [0.15, 0.2) is 42.6 Å². The lowest BCUT2D eigenvalue weighted by Gasteiger charge is -2.16. The van der Waals surface area contributed by atoms with Crippen molar-refractivity contribution >= 4 is 21.6 Å². The molecule has 2 aromatic carbocycles. The van der Waals surface area contributed by atoms with E-state index in [0.29, 0.717) is 6.04 Å². The fourth-order valence-corrected chi connectivity index (χ4v) is 5.91.